The molecule has 3 N–H and O–H groups in total. The van der Waals surface area contributed by atoms with Crippen molar-refractivity contribution in [2.75, 3.05) is 5.32 Å². The van der Waals surface area contributed by atoms with Crippen LogP contribution in [0.5, 0.6) is 0 Å². The molecule has 0 spiro atoms. The molecule has 0 fully saturated rings. The largest absolute Gasteiger partial charge is 0.366 e. The van der Waals surface area contributed by atoms with E-state index in [1.165, 1.54) is 0 Å². The number of hydrogen-bond donors (Lipinski definition) is 2. The summed E-state index contributed by atoms with van der Waals surface area (Å²) in [5.41, 5.74) is 9.26. The molecule has 6 nitrogen and oxygen atoms in total. The van der Waals surface area contributed by atoms with E-state index in [4.69, 9.17) is 12.2 Å². The van der Waals surface area contributed by atoms with Gasteiger partial charge in [-0.1, -0.05) is 18.6 Å². The molecule has 1 amide bonds. The minimum absolute atomic E-state index is 0.241. The molecule has 3 rings (SSSR count). The van der Waals surface area contributed by atoms with Gasteiger partial charge < -0.3 is 11.1 Å². The average Bonchev–Trinajstić information content (AvgIpc) is 3.08. The predicted octanol–water partition coefficient (Wildman–Crippen LogP) is 2.71. The molecular formula is C20H17N5O. The Hall–Kier alpha value is -3.85. The summed E-state index contributed by atoms with van der Waals surface area (Å²) in [6.07, 6.45) is 8.82. The second-order valence-electron chi connectivity index (χ2n) is 5.68. The van der Waals surface area contributed by atoms with Crippen LogP contribution in [0.25, 0.3) is 16.8 Å². The van der Waals surface area contributed by atoms with E-state index in [-0.39, 0.29) is 5.57 Å². The highest BCUT2D eigenvalue weighted by Crippen LogP contribution is 2.31. The van der Waals surface area contributed by atoms with Gasteiger partial charge in [0, 0.05) is 41.8 Å². The molecular weight excluding hydrogens is 326 g/mol. The molecule has 0 bridgehead atoms. The van der Waals surface area contributed by atoms with Crippen LogP contribution in [0.3, 0.4) is 0 Å². The number of anilines is 2. The van der Waals surface area contributed by atoms with Crippen LogP contribution in [0, 0.1) is 12.3 Å². The van der Waals surface area contributed by atoms with E-state index in [0.717, 1.165) is 16.9 Å². The van der Waals surface area contributed by atoms with Crippen molar-refractivity contribution in [1.29, 1.82) is 0 Å². The van der Waals surface area contributed by atoms with Crippen molar-refractivity contribution in [2.24, 2.45) is 12.8 Å². The van der Waals surface area contributed by atoms with E-state index in [0.29, 0.717) is 16.9 Å². The molecule has 2 heterocycles. The number of nitrogens with one attached hydrogen (secondary N) is 1. The molecule has 0 aliphatic heterocycles. The molecule has 128 valence electrons. The van der Waals surface area contributed by atoms with E-state index in [9.17, 15) is 4.79 Å². The third kappa shape index (κ3) is 3.47. The zero-order valence-corrected chi connectivity index (χ0v) is 14.2. The Morgan fingerprint density at radius 1 is 1.31 bits per heavy atom. The maximum absolute atomic E-state index is 11.4. The SMILES string of the molecule is C#Cc1ccc(Nc2ccc(C(=C)C(N)=O)cc2-c2ccn(C)n2)nc1. The normalized spacial score (nSPS) is 10.2. The molecule has 26 heavy (non-hydrogen) atoms. The highest BCUT2D eigenvalue weighted by Gasteiger charge is 2.13. The Morgan fingerprint density at radius 2 is 2.12 bits per heavy atom. The van der Waals surface area contributed by atoms with Gasteiger partial charge in [0.05, 0.1) is 5.69 Å². The first-order chi connectivity index (χ1) is 12.5. The smallest absolute Gasteiger partial charge is 0.248 e. The van der Waals surface area contributed by atoms with Gasteiger partial charge in [0.25, 0.3) is 0 Å². The number of hydrogen-bond acceptors (Lipinski definition) is 4. The summed E-state index contributed by atoms with van der Waals surface area (Å²) in [6.45, 7) is 3.75. The molecule has 1 aromatic carbocycles. The highest BCUT2D eigenvalue weighted by atomic mass is 16.1. The first kappa shape index (κ1) is 17.0. The standard InChI is InChI=1S/C20H17N5O/c1-4-14-5-8-19(22-12-14)23-17-7-6-15(13(2)20(21)26)11-16(17)18-9-10-25(3)24-18/h1,5-12H,2H2,3H3,(H2,21,26)(H,22,23). The van der Waals surface area contributed by atoms with Crippen molar-refractivity contribution in [3.63, 3.8) is 0 Å². The summed E-state index contributed by atoms with van der Waals surface area (Å²) < 4.78 is 1.70. The van der Waals surface area contributed by atoms with Gasteiger partial charge in [-0.2, -0.15) is 5.10 Å². The average molecular weight is 343 g/mol. The number of nitrogens with two attached hydrogens (primary N) is 1. The first-order valence-corrected chi connectivity index (χ1v) is 7.81. The lowest BCUT2D eigenvalue weighted by Crippen LogP contribution is -2.12. The predicted molar refractivity (Wildman–Crippen MR) is 102 cm³/mol. The molecule has 0 atom stereocenters. The monoisotopic (exact) mass is 343 g/mol. The van der Waals surface area contributed by atoms with Gasteiger partial charge >= 0.3 is 0 Å². The third-order valence-electron chi connectivity index (χ3n) is 3.85. The molecule has 0 radical (unpaired) electrons. The zero-order chi connectivity index (χ0) is 18.7. The number of nitrogens with zero attached hydrogens (tertiary/aromatic N) is 3. The lowest BCUT2D eigenvalue weighted by atomic mass is 10.0. The van der Waals surface area contributed by atoms with Crippen molar-refractivity contribution >= 4 is 23.0 Å². The molecule has 0 saturated heterocycles. The Balaban J connectivity index is 2.04. The highest BCUT2D eigenvalue weighted by molar-refractivity contribution is 6.18. The summed E-state index contributed by atoms with van der Waals surface area (Å²) >= 11 is 0. The number of benzene rings is 1. The number of rotatable bonds is 5. The Labute approximate surface area is 151 Å². The quantitative estimate of drug-likeness (QED) is 0.551. The van der Waals surface area contributed by atoms with Crippen molar-refractivity contribution < 1.29 is 4.79 Å². The van der Waals surface area contributed by atoms with Gasteiger partial charge in [0.15, 0.2) is 0 Å². The van der Waals surface area contributed by atoms with E-state index in [2.05, 4.69) is 27.9 Å². The van der Waals surface area contributed by atoms with Gasteiger partial charge in [-0.25, -0.2) is 4.98 Å². The molecule has 3 aromatic rings. The van der Waals surface area contributed by atoms with Crippen LogP contribution in [0.4, 0.5) is 11.5 Å². The maximum Gasteiger partial charge on any atom is 0.248 e. The van der Waals surface area contributed by atoms with Crippen molar-refractivity contribution in [3.05, 3.63) is 66.5 Å². The Bertz CT molecular complexity index is 1030. The van der Waals surface area contributed by atoms with Crippen molar-refractivity contribution in [1.82, 2.24) is 14.8 Å². The van der Waals surface area contributed by atoms with Crippen LogP contribution in [0.2, 0.25) is 0 Å². The van der Waals surface area contributed by atoms with Crippen LogP contribution in [-0.2, 0) is 11.8 Å². The fourth-order valence-corrected chi connectivity index (χ4v) is 2.45. The molecule has 2 aromatic heterocycles. The van der Waals surface area contributed by atoms with Crippen LogP contribution in [0.1, 0.15) is 11.1 Å². The summed E-state index contributed by atoms with van der Waals surface area (Å²) in [5, 5.41) is 7.69. The minimum Gasteiger partial charge on any atom is -0.366 e. The Morgan fingerprint density at radius 3 is 2.69 bits per heavy atom. The minimum atomic E-state index is -0.566. The summed E-state index contributed by atoms with van der Waals surface area (Å²) in [7, 11) is 1.84. The number of carbonyl (C=O) groups is 1. The zero-order valence-electron chi connectivity index (χ0n) is 14.2. The first-order valence-electron chi connectivity index (χ1n) is 7.81. The van der Waals surface area contributed by atoms with Gasteiger partial charge in [0.1, 0.15) is 5.82 Å². The number of pyridine rings is 1. The number of primary amides is 1. The number of carbonyl (C=O) groups excluding carboxylic acids is 1. The maximum atomic E-state index is 11.4. The van der Waals surface area contributed by atoms with E-state index in [1.807, 2.05) is 31.4 Å². The van der Waals surface area contributed by atoms with Gasteiger partial charge in [0.2, 0.25) is 5.91 Å². The number of amides is 1. The van der Waals surface area contributed by atoms with Crippen LogP contribution in [-0.4, -0.2) is 20.7 Å². The number of aromatic nitrogens is 3. The topological polar surface area (TPSA) is 85.8 Å². The molecule has 0 unspecified atom stereocenters. The van der Waals surface area contributed by atoms with Crippen LogP contribution >= 0.6 is 0 Å². The van der Waals surface area contributed by atoms with Crippen LogP contribution < -0.4 is 11.1 Å². The summed E-state index contributed by atoms with van der Waals surface area (Å²) in [4.78, 5) is 15.7. The van der Waals surface area contributed by atoms with Gasteiger partial charge in [-0.05, 0) is 35.9 Å². The lowest BCUT2D eigenvalue weighted by molar-refractivity contribution is -0.112. The Kier molecular flexibility index (Phi) is 4.54. The number of aryl methyl sites for hydroxylation is 1. The van der Waals surface area contributed by atoms with E-state index < -0.39 is 5.91 Å². The number of terminal acetylenes is 1. The second kappa shape index (κ2) is 6.95. The summed E-state index contributed by atoms with van der Waals surface area (Å²) in [6, 6.07) is 10.9. The van der Waals surface area contributed by atoms with E-state index in [1.54, 1.807) is 29.1 Å². The molecule has 0 aliphatic carbocycles. The molecule has 0 saturated carbocycles. The van der Waals surface area contributed by atoms with Crippen LogP contribution in [0.15, 0.2) is 55.4 Å². The van der Waals surface area contributed by atoms with Crippen molar-refractivity contribution in [2.45, 2.75) is 0 Å². The van der Waals surface area contributed by atoms with E-state index >= 15 is 0 Å². The lowest BCUT2D eigenvalue weighted by Gasteiger charge is -2.13. The molecule has 6 heteroatoms. The third-order valence-corrected chi connectivity index (χ3v) is 3.85. The van der Waals surface area contributed by atoms with Gasteiger partial charge in [-0.15, -0.1) is 6.42 Å². The van der Waals surface area contributed by atoms with Crippen molar-refractivity contribution in [3.8, 4) is 23.6 Å². The summed E-state index contributed by atoms with van der Waals surface area (Å²) in [5.74, 6) is 2.61. The fraction of sp³-hybridized carbons (Fsp3) is 0.0500. The fourth-order valence-electron chi connectivity index (χ4n) is 2.45. The molecule has 0 aliphatic rings. The second-order valence-corrected chi connectivity index (χ2v) is 5.68. The van der Waals surface area contributed by atoms with Gasteiger partial charge in [-0.3, -0.25) is 9.48 Å².